The molecule has 1 heterocycles. The molecule has 0 aromatic heterocycles. The summed E-state index contributed by atoms with van der Waals surface area (Å²) in [4.78, 5) is 10.9. The van der Waals surface area contributed by atoms with Gasteiger partial charge in [0.05, 0.1) is 12.1 Å². The lowest BCUT2D eigenvalue weighted by Crippen LogP contribution is -2.33. The highest BCUT2D eigenvalue weighted by molar-refractivity contribution is 5.75. The molecular formula is C8H14FNO2. The Morgan fingerprint density at radius 2 is 2.42 bits per heavy atom. The van der Waals surface area contributed by atoms with Crippen molar-refractivity contribution in [2.75, 3.05) is 19.8 Å². The quantitative estimate of drug-likeness (QED) is 0.664. The lowest BCUT2D eigenvalue weighted by molar-refractivity contribution is -0.148. The number of rotatable bonds is 4. The van der Waals surface area contributed by atoms with Gasteiger partial charge in [-0.05, 0) is 25.8 Å². The minimum Gasteiger partial charge on any atom is -0.481 e. The Morgan fingerprint density at radius 1 is 1.67 bits per heavy atom. The summed E-state index contributed by atoms with van der Waals surface area (Å²) in [5.74, 6) is -0.791. The summed E-state index contributed by atoms with van der Waals surface area (Å²) >= 11 is 0. The molecule has 12 heavy (non-hydrogen) atoms. The van der Waals surface area contributed by atoms with Crippen LogP contribution in [0.1, 0.15) is 19.3 Å². The molecule has 0 aliphatic carbocycles. The number of hydrogen-bond acceptors (Lipinski definition) is 2. The van der Waals surface area contributed by atoms with E-state index in [9.17, 15) is 9.18 Å². The highest BCUT2D eigenvalue weighted by Gasteiger charge is 2.40. The van der Waals surface area contributed by atoms with Crippen LogP contribution in [0.2, 0.25) is 0 Å². The summed E-state index contributed by atoms with van der Waals surface area (Å²) < 4.78 is 11.9. The zero-order valence-electron chi connectivity index (χ0n) is 6.98. The fraction of sp³-hybridized carbons (Fsp3) is 0.875. The van der Waals surface area contributed by atoms with E-state index in [1.54, 1.807) is 0 Å². The largest absolute Gasteiger partial charge is 0.481 e. The van der Waals surface area contributed by atoms with Crippen molar-refractivity contribution in [3.8, 4) is 0 Å². The van der Waals surface area contributed by atoms with E-state index in [0.29, 0.717) is 25.8 Å². The van der Waals surface area contributed by atoms with Crippen molar-refractivity contribution in [3.05, 3.63) is 0 Å². The van der Waals surface area contributed by atoms with Gasteiger partial charge in [0.2, 0.25) is 0 Å². The summed E-state index contributed by atoms with van der Waals surface area (Å²) in [5.41, 5.74) is -0.688. The molecule has 3 nitrogen and oxygen atoms in total. The minimum atomic E-state index is -0.791. The van der Waals surface area contributed by atoms with Crippen LogP contribution in [0.5, 0.6) is 0 Å². The predicted molar refractivity (Wildman–Crippen MR) is 42.8 cm³/mol. The maximum Gasteiger partial charge on any atom is 0.310 e. The van der Waals surface area contributed by atoms with Gasteiger partial charge in [-0.25, -0.2) is 0 Å². The number of hydrogen-bond donors (Lipinski definition) is 2. The number of carbonyl (C=O) groups is 1. The van der Waals surface area contributed by atoms with Gasteiger partial charge in [-0.3, -0.25) is 9.18 Å². The molecule has 1 aliphatic heterocycles. The van der Waals surface area contributed by atoms with E-state index < -0.39 is 18.1 Å². The molecular weight excluding hydrogens is 161 g/mol. The van der Waals surface area contributed by atoms with Gasteiger partial charge >= 0.3 is 5.97 Å². The summed E-state index contributed by atoms with van der Waals surface area (Å²) in [5, 5.41) is 11.9. The molecule has 70 valence electrons. The van der Waals surface area contributed by atoms with Crippen molar-refractivity contribution >= 4 is 5.97 Å². The molecule has 0 aromatic carbocycles. The van der Waals surface area contributed by atoms with Gasteiger partial charge in [0.1, 0.15) is 0 Å². The molecule has 1 unspecified atom stereocenters. The maximum atomic E-state index is 11.9. The average Bonchev–Trinajstić information content (AvgIpc) is 2.50. The second-order valence-corrected chi connectivity index (χ2v) is 3.30. The van der Waals surface area contributed by atoms with Crippen LogP contribution in [0.15, 0.2) is 0 Å². The topological polar surface area (TPSA) is 49.3 Å². The van der Waals surface area contributed by atoms with Gasteiger partial charge in [0, 0.05) is 6.54 Å². The van der Waals surface area contributed by atoms with Gasteiger partial charge in [0.25, 0.3) is 0 Å². The molecule has 1 saturated heterocycles. The standard InChI is InChI=1S/C8H14FNO2/c9-4-1-2-8(7(11)12)3-5-10-6-8/h10H,1-6H2,(H,11,12). The molecule has 0 spiro atoms. The highest BCUT2D eigenvalue weighted by atomic mass is 19.1. The molecule has 0 radical (unpaired) electrons. The van der Waals surface area contributed by atoms with E-state index in [0.717, 1.165) is 6.54 Å². The number of alkyl halides is 1. The summed E-state index contributed by atoms with van der Waals surface area (Å²) in [6, 6.07) is 0. The van der Waals surface area contributed by atoms with Crippen molar-refractivity contribution in [3.63, 3.8) is 0 Å². The highest BCUT2D eigenvalue weighted by Crippen LogP contribution is 2.31. The van der Waals surface area contributed by atoms with Crippen LogP contribution in [0.4, 0.5) is 4.39 Å². The Labute approximate surface area is 71.0 Å². The fourth-order valence-electron chi connectivity index (χ4n) is 1.65. The molecule has 4 heteroatoms. The Morgan fingerprint density at radius 3 is 2.83 bits per heavy atom. The summed E-state index contributed by atoms with van der Waals surface area (Å²) in [6.45, 7) is 0.802. The first-order valence-electron chi connectivity index (χ1n) is 4.21. The van der Waals surface area contributed by atoms with Crippen LogP contribution < -0.4 is 5.32 Å². The van der Waals surface area contributed by atoms with Crippen LogP contribution in [0, 0.1) is 5.41 Å². The number of nitrogens with one attached hydrogen (secondary N) is 1. The Hall–Kier alpha value is -0.640. The Bertz CT molecular complexity index is 166. The monoisotopic (exact) mass is 175 g/mol. The van der Waals surface area contributed by atoms with Gasteiger partial charge < -0.3 is 10.4 Å². The first-order valence-corrected chi connectivity index (χ1v) is 4.21. The molecule has 0 amide bonds. The van der Waals surface area contributed by atoms with Crippen molar-refractivity contribution in [1.82, 2.24) is 5.32 Å². The van der Waals surface area contributed by atoms with Crippen LogP contribution in [0.25, 0.3) is 0 Å². The molecule has 1 aliphatic rings. The van der Waals surface area contributed by atoms with E-state index in [2.05, 4.69) is 5.32 Å². The van der Waals surface area contributed by atoms with E-state index >= 15 is 0 Å². The molecule has 0 saturated carbocycles. The number of aliphatic carboxylic acids is 1. The summed E-state index contributed by atoms with van der Waals surface area (Å²) in [6.07, 6.45) is 1.43. The van der Waals surface area contributed by atoms with Crippen LogP contribution in [-0.2, 0) is 4.79 Å². The lowest BCUT2D eigenvalue weighted by Gasteiger charge is -2.21. The first-order chi connectivity index (χ1) is 5.71. The third kappa shape index (κ3) is 1.75. The molecule has 1 rings (SSSR count). The number of halogens is 1. The Kier molecular flexibility index (Phi) is 3.03. The predicted octanol–water partition coefficient (Wildman–Crippen LogP) is 0.800. The van der Waals surface area contributed by atoms with E-state index in [1.807, 2.05) is 0 Å². The first kappa shape index (κ1) is 9.45. The van der Waals surface area contributed by atoms with Gasteiger partial charge in [-0.1, -0.05) is 0 Å². The van der Waals surface area contributed by atoms with Gasteiger partial charge in [0.15, 0.2) is 0 Å². The minimum absolute atomic E-state index is 0.355. The Balaban J connectivity index is 2.53. The third-order valence-electron chi connectivity index (χ3n) is 2.49. The van der Waals surface area contributed by atoms with Crippen LogP contribution in [-0.4, -0.2) is 30.8 Å². The lowest BCUT2D eigenvalue weighted by atomic mass is 9.83. The van der Waals surface area contributed by atoms with Crippen LogP contribution >= 0.6 is 0 Å². The van der Waals surface area contributed by atoms with Gasteiger partial charge in [-0.2, -0.15) is 0 Å². The second kappa shape index (κ2) is 3.85. The van der Waals surface area contributed by atoms with E-state index in [4.69, 9.17) is 5.11 Å². The maximum absolute atomic E-state index is 11.9. The smallest absolute Gasteiger partial charge is 0.310 e. The van der Waals surface area contributed by atoms with E-state index in [1.165, 1.54) is 0 Å². The van der Waals surface area contributed by atoms with E-state index in [-0.39, 0.29) is 0 Å². The molecule has 1 fully saturated rings. The average molecular weight is 175 g/mol. The molecule has 1 atom stereocenters. The van der Waals surface area contributed by atoms with Crippen LogP contribution in [0.3, 0.4) is 0 Å². The zero-order valence-corrected chi connectivity index (χ0v) is 6.98. The third-order valence-corrected chi connectivity index (χ3v) is 2.49. The second-order valence-electron chi connectivity index (χ2n) is 3.30. The number of carboxylic acids is 1. The van der Waals surface area contributed by atoms with Gasteiger partial charge in [-0.15, -0.1) is 0 Å². The van der Waals surface area contributed by atoms with Crippen molar-refractivity contribution in [1.29, 1.82) is 0 Å². The van der Waals surface area contributed by atoms with Crippen molar-refractivity contribution < 1.29 is 14.3 Å². The number of carboxylic acid groups (broad SMARTS) is 1. The fourth-order valence-corrected chi connectivity index (χ4v) is 1.65. The normalized spacial score (nSPS) is 29.1. The zero-order chi connectivity index (χ0) is 9.03. The molecule has 0 aromatic rings. The molecule has 0 bridgehead atoms. The SMILES string of the molecule is O=C(O)C1(CCCF)CCNC1. The van der Waals surface area contributed by atoms with Crippen molar-refractivity contribution in [2.24, 2.45) is 5.41 Å². The molecule has 2 N–H and O–H groups in total. The summed E-state index contributed by atoms with van der Waals surface area (Å²) in [7, 11) is 0. The van der Waals surface area contributed by atoms with Crippen molar-refractivity contribution in [2.45, 2.75) is 19.3 Å².